The van der Waals surface area contributed by atoms with Crippen LogP contribution < -0.4 is 0 Å². The average Bonchev–Trinajstić information content (AvgIpc) is 1.90. The zero-order valence-electron chi connectivity index (χ0n) is 7.48. The highest BCUT2D eigenvalue weighted by Gasteiger charge is 2.01. The van der Waals surface area contributed by atoms with Crippen molar-refractivity contribution < 1.29 is 4.79 Å². The van der Waals surface area contributed by atoms with E-state index in [0.717, 1.165) is 12.7 Å². The second-order valence-electron chi connectivity index (χ2n) is 2.85. The monoisotopic (exact) mass is 222 g/mol. The van der Waals surface area contributed by atoms with Gasteiger partial charge in [-0.3, -0.25) is 0 Å². The molecule has 2 nitrogen and oxygen atoms in total. The fourth-order valence-corrected chi connectivity index (χ4v) is 0.118. The van der Waals surface area contributed by atoms with E-state index in [1.165, 1.54) is 0 Å². The lowest BCUT2D eigenvalue weighted by atomic mass is 10.2. The molecule has 0 fully saturated rings. The summed E-state index contributed by atoms with van der Waals surface area (Å²) in [5.41, 5.74) is 6.81. The van der Waals surface area contributed by atoms with Gasteiger partial charge >= 0.3 is 0 Å². The van der Waals surface area contributed by atoms with Gasteiger partial charge in [-0.25, -0.2) is 0 Å². The molecule has 0 atom stereocenters. The number of alkyl halides is 1. The molecule has 3 heteroatoms. The van der Waals surface area contributed by atoms with Crippen molar-refractivity contribution in [3.8, 4) is 0 Å². The first-order valence-electron chi connectivity index (χ1n) is 3.75. The van der Waals surface area contributed by atoms with E-state index in [2.05, 4.69) is 15.9 Å². The molecule has 0 unspecified atom stereocenters. The van der Waals surface area contributed by atoms with Crippen molar-refractivity contribution in [1.29, 1.82) is 0 Å². The van der Waals surface area contributed by atoms with Crippen LogP contribution in [-0.2, 0) is 4.79 Å². The van der Waals surface area contributed by atoms with Crippen LogP contribution in [0.25, 0.3) is 5.73 Å². The molecule has 1 N–H and O–H groups in total. The number of carbonyl (C=O) groups is 1. The maximum atomic E-state index is 9.40. The van der Waals surface area contributed by atoms with Gasteiger partial charge in [0.05, 0.1) is 0 Å². The lowest BCUT2D eigenvalue weighted by Crippen LogP contribution is -2.10. The Hall–Kier alpha value is 0.110. The van der Waals surface area contributed by atoms with Gasteiger partial charge in [0.2, 0.25) is 0 Å². The Kier molecular flexibility index (Phi) is 10.2. The molecule has 0 aromatic rings. The third-order valence-electron chi connectivity index (χ3n) is 0.827. The van der Waals surface area contributed by atoms with Crippen LogP contribution in [0.15, 0.2) is 0 Å². The first kappa shape index (κ1) is 13.7. The van der Waals surface area contributed by atoms with Crippen LogP contribution in [0, 0.1) is 0 Å². The topological polar surface area (TPSA) is 40.9 Å². The number of halogens is 1. The first-order valence-corrected chi connectivity index (χ1v) is 4.54. The number of unbranched alkanes of at least 4 members (excludes halogenated alkanes) is 1. The Morgan fingerprint density at radius 2 is 1.91 bits per heavy atom. The zero-order valence-corrected chi connectivity index (χ0v) is 9.07. The molecule has 0 aliphatic heterocycles. The highest BCUT2D eigenvalue weighted by atomic mass is 79.9. The molecule has 11 heavy (non-hydrogen) atoms. The van der Waals surface area contributed by atoms with Crippen molar-refractivity contribution in [2.75, 3.05) is 6.54 Å². The second-order valence-corrected chi connectivity index (χ2v) is 5.00. The Labute approximate surface area is 77.7 Å². The minimum Gasteiger partial charge on any atom is -0.676 e. The molecule has 0 saturated carbocycles. The van der Waals surface area contributed by atoms with E-state index < -0.39 is 0 Å². The summed E-state index contributed by atoms with van der Waals surface area (Å²) in [6.07, 6.45) is 2.61. The summed E-state index contributed by atoms with van der Waals surface area (Å²) in [5, 5.41) is 0. The predicted octanol–water partition coefficient (Wildman–Crippen LogP) is 3.20. The van der Waals surface area contributed by atoms with E-state index >= 15 is 0 Å². The lowest BCUT2D eigenvalue weighted by molar-refractivity contribution is -0.107. The molecule has 68 valence electrons. The minimum absolute atomic E-state index is 0.0208. The van der Waals surface area contributed by atoms with E-state index in [4.69, 9.17) is 5.73 Å². The third-order valence-corrected chi connectivity index (χ3v) is 1.11. The van der Waals surface area contributed by atoms with Gasteiger partial charge in [0.15, 0.2) is 0 Å². The maximum absolute atomic E-state index is 9.40. The Bertz CT molecular complexity index is 88.6. The molecular formula is C8H17BrNO-. The van der Waals surface area contributed by atoms with Crippen LogP contribution in [0.5, 0.6) is 0 Å². The van der Waals surface area contributed by atoms with Gasteiger partial charge < -0.3 is 10.5 Å². The SMILES string of the molecule is CC(C)(Br)C[NH-].CCCC=O. The number of hydrogen-bond donors (Lipinski definition) is 0. The lowest BCUT2D eigenvalue weighted by Gasteiger charge is -2.16. The van der Waals surface area contributed by atoms with Gasteiger partial charge in [0, 0.05) is 10.7 Å². The van der Waals surface area contributed by atoms with Crippen molar-refractivity contribution in [1.82, 2.24) is 0 Å². The molecular weight excluding hydrogens is 206 g/mol. The van der Waals surface area contributed by atoms with E-state index in [1.54, 1.807) is 0 Å². The summed E-state index contributed by atoms with van der Waals surface area (Å²) in [5.74, 6) is 0. The van der Waals surface area contributed by atoms with Crippen molar-refractivity contribution in [3.05, 3.63) is 5.73 Å². The summed E-state index contributed by atoms with van der Waals surface area (Å²) in [4.78, 5) is 9.40. The van der Waals surface area contributed by atoms with Gasteiger partial charge in [-0.1, -0.05) is 36.7 Å². The van der Waals surface area contributed by atoms with Crippen LogP contribution in [0.4, 0.5) is 0 Å². The molecule has 0 rings (SSSR count). The van der Waals surface area contributed by atoms with Crippen molar-refractivity contribution in [3.63, 3.8) is 0 Å². The summed E-state index contributed by atoms with van der Waals surface area (Å²) in [6.45, 7) is 6.36. The molecule has 0 heterocycles. The third kappa shape index (κ3) is 25.5. The predicted molar refractivity (Wildman–Crippen MR) is 53.2 cm³/mol. The fraction of sp³-hybridized carbons (Fsp3) is 0.875. The van der Waals surface area contributed by atoms with Crippen LogP contribution in [-0.4, -0.2) is 17.2 Å². The van der Waals surface area contributed by atoms with E-state index in [1.807, 2.05) is 20.8 Å². The van der Waals surface area contributed by atoms with Gasteiger partial charge in [0.1, 0.15) is 6.29 Å². The van der Waals surface area contributed by atoms with E-state index in [-0.39, 0.29) is 4.32 Å². The molecule has 0 aromatic carbocycles. The number of hydrogen-bond acceptors (Lipinski definition) is 1. The number of aldehydes is 1. The first-order chi connectivity index (χ1) is 4.97. The van der Waals surface area contributed by atoms with Crippen LogP contribution in [0.3, 0.4) is 0 Å². The Morgan fingerprint density at radius 1 is 1.55 bits per heavy atom. The number of carbonyl (C=O) groups excluding carboxylic acids is 1. The number of rotatable bonds is 3. The zero-order chi connectivity index (χ0) is 9.33. The van der Waals surface area contributed by atoms with E-state index in [0.29, 0.717) is 13.0 Å². The van der Waals surface area contributed by atoms with Crippen LogP contribution in [0.1, 0.15) is 33.6 Å². The standard InChI is InChI=1S/C4H9BrN.C4H8O/c1-4(2,5)3-6;1-2-3-4-5/h6H,3H2,1-2H3;4H,2-3H2,1H3/q-1;. The Balaban J connectivity index is 0. The van der Waals surface area contributed by atoms with Crippen LogP contribution >= 0.6 is 15.9 Å². The molecule has 0 radical (unpaired) electrons. The largest absolute Gasteiger partial charge is 0.676 e. The maximum Gasteiger partial charge on any atom is 0.119 e. The molecule has 0 amide bonds. The van der Waals surface area contributed by atoms with Gasteiger partial charge in [-0.05, 0) is 6.42 Å². The molecule has 0 spiro atoms. The quantitative estimate of drug-likeness (QED) is 0.535. The van der Waals surface area contributed by atoms with Gasteiger partial charge in [-0.15, -0.1) is 6.54 Å². The highest BCUT2D eigenvalue weighted by molar-refractivity contribution is 9.10. The molecule has 0 aliphatic carbocycles. The van der Waals surface area contributed by atoms with Gasteiger partial charge in [0.25, 0.3) is 0 Å². The smallest absolute Gasteiger partial charge is 0.119 e. The average molecular weight is 223 g/mol. The van der Waals surface area contributed by atoms with Crippen molar-refractivity contribution >= 4 is 22.2 Å². The van der Waals surface area contributed by atoms with Crippen molar-refractivity contribution in [2.24, 2.45) is 0 Å². The molecule has 0 saturated heterocycles. The fourth-order valence-electron chi connectivity index (χ4n) is 0.118. The van der Waals surface area contributed by atoms with Gasteiger partial charge in [-0.2, -0.15) is 0 Å². The number of nitrogens with one attached hydrogen (secondary N) is 1. The Morgan fingerprint density at radius 3 is 1.91 bits per heavy atom. The minimum atomic E-state index is 0.0208. The molecule has 0 aromatic heterocycles. The van der Waals surface area contributed by atoms with E-state index in [9.17, 15) is 4.79 Å². The summed E-state index contributed by atoms with van der Waals surface area (Å²) in [7, 11) is 0. The molecule has 0 aliphatic rings. The molecule has 0 bridgehead atoms. The summed E-state index contributed by atoms with van der Waals surface area (Å²) >= 11 is 3.29. The summed E-state index contributed by atoms with van der Waals surface area (Å²) < 4.78 is 0.0208. The highest BCUT2D eigenvalue weighted by Crippen LogP contribution is 2.14. The van der Waals surface area contributed by atoms with Crippen LogP contribution in [0.2, 0.25) is 0 Å². The normalized spacial score (nSPS) is 9.91. The second kappa shape index (κ2) is 8.21. The summed E-state index contributed by atoms with van der Waals surface area (Å²) in [6, 6.07) is 0. The van der Waals surface area contributed by atoms with Crippen molar-refractivity contribution in [2.45, 2.75) is 37.9 Å².